The van der Waals surface area contributed by atoms with Crippen molar-refractivity contribution >= 4 is 28.2 Å². The molecule has 0 radical (unpaired) electrons. The largest absolute Gasteiger partial charge is 0.486 e. The van der Waals surface area contributed by atoms with E-state index >= 15 is 0 Å². The van der Waals surface area contributed by atoms with Gasteiger partial charge in [0.15, 0.2) is 22.4 Å². The molecule has 29 heavy (non-hydrogen) atoms. The van der Waals surface area contributed by atoms with Crippen molar-refractivity contribution in [3.8, 4) is 22.8 Å². The summed E-state index contributed by atoms with van der Waals surface area (Å²) in [5.74, 6) is 1.23. The number of hydrogen-bond acceptors (Lipinski definition) is 6. The van der Waals surface area contributed by atoms with Crippen LogP contribution in [0.25, 0.3) is 11.3 Å². The summed E-state index contributed by atoms with van der Waals surface area (Å²) in [6.45, 7) is 2.59. The standard InChI is InChI=1S/C22H20N2O4S/c1-14(25)21-20(16-5-3-2-4-6-16)24-22(29-21)23-19(26)10-8-15-7-9-17-18(13-15)28-12-11-27-17/h2-7,9,13H,8,10-12H2,1H3,(H,23,24,26). The molecule has 0 unspecified atom stereocenters. The molecule has 0 saturated carbocycles. The molecule has 1 aliphatic rings. The first kappa shape index (κ1) is 19.1. The first-order valence-corrected chi connectivity index (χ1v) is 10.2. The first-order chi connectivity index (χ1) is 14.1. The molecule has 0 fully saturated rings. The van der Waals surface area contributed by atoms with Gasteiger partial charge in [0, 0.05) is 18.9 Å². The lowest BCUT2D eigenvalue weighted by Gasteiger charge is -2.18. The third-order valence-corrected chi connectivity index (χ3v) is 5.56. The van der Waals surface area contributed by atoms with Crippen LogP contribution in [-0.2, 0) is 11.2 Å². The third-order valence-electron chi connectivity index (χ3n) is 4.49. The van der Waals surface area contributed by atoms with E-state index < -0.39 is 0 Å². The van der Waals surface area contributed by atoms with Crippen molar-refractivity contribution in [2.45, 2.75) is 19.8 Å². The molecule has 1 aromatic heterocycles. The van der Waals surface area contributed by atoms with Gasteiger partial charge in [0.25, 0.3) is 0 Å². The SMILES string of the molecule is CC(=O)c1sc(NC(=O)CCc2ccc3c(c2)OCCO3)nc1-c1ccccc1. The predicted molar refractivity (Wildman–Crippen MR) is 112 cm³/mol. The molecule has 2 heterocycles. The van der Waals surface area contributed by atoms with E-state index in [0.717, 1.165) is 16.9 Å². The minimum atomic E-state index is -0.150. The normalized spacial score (nSPS) is 12.4. The van der Waals surface area contributed by atoms with Crippen LogP contribution in [0.2, 0.25) is 0 Å². The van der Waals surface area contributed by atoms with E-state index in [-0.39, 0.29) is 11.7 Å². The summed E-state index contributed by atoms with van der Waals surface area (Å²) in [7, 11) is 0. The maximum Gasteiger partial charge on any atom is 0.226 e. The van der Waals surface area contributed by atoms with Crippen LogP contribution >= 0.6 is 11.3 Å². The highest BCUT2D eigenvalue weighted by atomic mass is 32.1. The van der Waals surface area contributed by atoms with Crippen LogP contribution in [0, 0.1) is 0 Å². The van der Waals surface area contributed by atoms with E-state index in [2.05, 4.69) is 10.3 Å². The van der Waals surface area contributed by atoms with E-state index in [1.165, 1.54) is 18.3 Å². The molecule has 4 rings (SSSR count). The molecule has 6 nitrogen and oxygen atoms in total. The van der Waals surface area contributed by atoms with Crippen LogP contribution in [0.3, 0.4) is 0 Å². The molecule has 0 atom stereocenters. The Bertz CT molecular complexity index is 1050. The molecule has 7 heteroatoms. The van der Waals surface area contributed by atoms with Gasteiger partial charge >= 0.3 is 0 Å². The predicted octanol–water partition coefficient (Wildman–Crippen LogP) is 4.36. The number of nitrogens with one attached hydrogen (secondary N) is 1. The number of ketones is 1. The minimum absolute atomic E-state index is 0.0712. The highest BCUT2D eigenvalue weighted by Gasteiger charge is 2.18. The van der Waals surface area contributed by atoms with Crippen molar-refractivity contribution in [3.05, 3.63) is 59.0 Å². The lowest BCUT2D eigenvalue weighted by molar-refractivity contribution is -0.116. The Balaban J connectivity index is 1.43. The Morgan fingerprint density at radius 3 is 2.59 bits per heavy atom. The van der Waals surface area contributed by atoms with Crippen molar-refractivity contribution < 1.29 is 19.1 Å². The molecule has 3 aromatic rings. The van der Waals surface area contributed by atoms with Gasteiger partial charge in [0.2, 0.25) is 5.91 Å². The molecule has 2 aromatic carbocycles. The molecule has 0 bridgehead atoms. The number of carbonyl (C=O) groups excluding carboxylic acids is 2. The molecule has 1 aliphatic heterocycles. The Hall–Kier alpha value is -3.19. The van der Waals surface area contributed by atoms with Gasteiger partial charge in [-0.1, -0.05) is 47.7 Å². The van der Waals surface area contributed by atoms with Crippen LogP contribution in [-0.4, -0.2) is 29.9 Å². The number of nitrogens with zero attached hydrogens (tertiary/aromatic N) is 1. The number of hydrogen-bond donors (Lipinski definition) is 1. The lowest BCUT2D eigenvalue weighted by Crippen LogP contribution is -2.15. The Kier molecular flexibility index (Phi) is 5.57. The van der Waals surface area contributed by atoms with Crippen molar-refractivity contribution in [1.29, 1.82) is 0 Å². The lowest BCUT2D eigenvalue weighted by atomic mass is 10.1. The second-order valence-electron chi connectivity index (χ2n) is 6.65. The van der Waals surface area contributed by atoms with Gasteiger partial charge in [-0.25, -0.2) is 4.98 Å². The van der Waals surface area contributed by atoms with Crippen molar-refractivity contribution in [2.24, 2.45) is 0 Å². The van der Waals surface area contributed by atoms with E-state index in [0.29, 0.717) is 47.5 Å². The number of anilines is 1. The summed E-state index contributed by atoms with van der Waals surface area (Å²) < 4.78 is 11.1. The van der Waals surface area contributed by atoms with Gasteiger partial charge < -0.3 is 14.8 Å². The molecule has 0 saturated heterocycles. The van der Waals surface area contributed by atoms with Gasteiger partial charge in [-0.05, 0) is 24.1 Å². The topological polar surface area (TPSA) is 77.5 Å². The van der Waals surface area contributed by atoms with Crippen molar-refractivity contribution in [3.63, 3.8) is 0 Å². The number of fused-ring (bicyclic) bond motifs is 1. The van der Waals surface area contributed by atoms with Gasteiger partial charge in [-0.3, -0.25) is 9.59 Å². The molecular formula is C22H20N2O4S. The van der Waals surface area contributed by atoms with Gasteiger partial charge in [0.1, 0.15) is 13.2 Å². The van der Waals surface area contributed by atoms with E-state index in [9.17, 15) is 9.59 Å². The number of rotatable bonds is 6. The number of ether oxygens (including phenoxy) is 2. The average molecular weight is 408 g/mol. The zero-order valence-electron chi connectivity index (χ0n) is 15.9. The maximum absolute atomic E-state index is 12.4. The van der Waals surface area contributed by atoms with Crippen LogP contribution in [0.1, 0.15) is 28.6 Å². The molecule has 148 valence electrons. The number of amides is 1. The third kappa shape index (κ3) is 4.46. The highest BCUT2D eigenvalue weighted by Crippen LogP contribution is 2.32. The highest BCUT2D eigenvalue weighted by molar-refractivity contribution is 7.18. The molecule has 1 N–H and O–H groups in total. The Labute approximate surface area is 172 Å². The van der Waals surface area contributed by atoms with Gasteiger partial charge in [-0.15, -0.1) is 0 Å². The van der Waals surface area contributed by atoms with E-state index in [4.69, 9.17) is 9.47 Å². The fourth-order valence-electron chi connectivity index (χ4n) is 3.09. The zero-order chi connectivity index (χ0) is 20.2. The second-order valence-corrected chi connectivity index (χ2v) is 7.64. The Morgan fingerprint density at radius 2 is 1.83 bits per heavy atom. The molecule has 1 amide bonds. The number of benzene rings is 2. The summed E-state index contributed by atoms with van der Waals surface area (Å²) in [5.41, 5.74) is 2.45. The zero-order valence-corrected chi connectivity index (χ0v) is 16.8. The molecule has 0 spiro atoms. The minimum Gasteiger partial charge on any atom is -0.486 e. The summed E-state index contributed by atoms with van der Waals surface area (Å²) in [6, 6.07) is 15.2. The Morgan fingerprint density at radius 1 is 1.07 bits per heavy atom. The number of thiazole rings is 1. The average Bonchev–Trinajstić information content (AvgIpc) is 3.17. The van der Waals surface area contributed by atoms with Crippen molar-refractivity contribution in [1.82, 2.24) is 4.98 Å². The second kappa shape index (κ2) is 8.45. The fourth-order valence-corrected chi connectivity index (χ4v) is 3.99. The van der Waals surface area contributed by atoms with Gasteiger partial charge in [0.05, 0.1) is 10.6 Å². The maximum atomic E-state index is 12.4. The fraction of sp³-hybridized carbons (Fsp3) is 0.227. The monoisotopic (exact) mass is 408 g/mol. The smallest absolute Gasteiger partial charge is 0.226 e. The molecular weight excluding hydrogens is 388 g/mol. The number of carbonyl (C=O) groups is 2. The first-order valence-electron chi connectivity index (χ1n) is 9.36. The molecule has 0 aliphatic carbocycles. The summed E-state index contributed by atoms with van der Waals surface area (Å²) in [4.78, 5) is 29.4. The number of Topliss-reactive ketones (excluding diaryl/α,β-unsaturated/α-hetero) is 1. The number of aryl methyl sites for hydroxylation is 1. The van der Waals surface area contributed by atoms with E-state index in [1.807, 2.05) is 48.5 Å². The summed E-state index contributed by atoms with van der Waals surface area (Å²) >= 11 is 1.20. The van der Waals surface area contributed by atoms with Crippen LogP contribution in [0.15, 0.2) is 48.5 Å². The summed E-state index contributed by atoms with van der Waals surface area (Å²) in [5, 5.41) is 3.25. The number of aromatic nitrogens is 1. The van der Waals surface area contributed by atoms with Crippen LogP contribution in [0.4, 0.5) is 5.13 Å². The quantitative estimate of drug-likeness (QED) is 0.614. The van der Waals surface area contributed by atoms with Gasteiger partial charge in [-0.2, -0.15) is 0 Å². The van der Waals surface area contributed by atoms with Crippen molar-refractivity contribution in [2.75, 3.05) is 18.5 Å². The van der Waals surface area contributed by atoms with Crippen LogP contribution < -0.4 is 14.8 Å². The van der Waals surface area contributed by atoms with E-state index in [1.54, 1.807) is 0 Å². The van der Waals surface area contributed by atoms with Crippen LogP contribution in [0.5, 0.6) is 11.5 Å². The summed E-state index contributed by atoms with van der Waals surface area (Å²) in [6.07, 6.45) is 0.869.